The van der Waals surface area contributed by atoms with Gasteiger partial charge in [0.25, 0.3) is 0 Å². The lowest BCUT2D eigenvalue weighted by Crippen LogP contribution is -2.54. The molecule has 0 fully saturated rings. The number of aryl methyl sites for hydroxylation is 2. The summed E-state index contributed by atoms with van der Waals surface area (Å²) in [6.45, 7) is 7.25. The number of nitrogens with zero attached hydrogens (tertiary/aromatic N) is 2. The van der Waals surface area contributed by atoms with E-state index in [1.165, 1.54) is 4.90 Å². The van der Waals surface area contributed by atoms with E-state index in [1.807, 2.05) is 70.2 Å². The Morgan fingerprint density at radius 3 is 2.12 bits per heavy atom. The molecule has 2 amide bonds. The fraction of sp³-hybridized carbons (Fsp3) is 0.355. The molecule has 0 heterocycles. The summed E-state index contributed by atoms with van der Waals surface area (Å²) in [5.74, 6) is -0.796. The molecule has 3 aromatic carbocycles. The van der Waals surface area contributed by atoms with Crippen LogP contribution in [0.2, 0.25) is 5.02 Å². The van der Waals surface area contributed by atoms with E-state index < -0.39 is 28.5 Å². The minimum Gasteiger partial charge on any atom is -0.352 e. The number of benzene rings is 3. The summed E-state index contributed by atoms with van der Waals surface area (Å²) in [4.78, 5) is 29.3. The fourth-order valence-electron chi connectivity index (χ4n) is 4.54. The molecule has 7 nitrogen and oxygen atoms in total. The van der Waals surface area contributed by atoms with Crippen LogP contribution in [0.15, 0.2) is 72.8 Å². The maximum Gasteiger partial charge on any atom is 0.244 e. The third kappa shape index (κ3) is 8.83. The predicted molar refractivity (Wildman–Crippen MR) is 162 cm³/mol. The van der Waals surface area contributed by atoms with Gasteiger partial charge in [0.15, 0.2) is 0 Å². The van der Waals surface area contributed by atoms with E-state index in [2.05, 4.69) is 5.32 Å². The highest BCUT2D eigenvalue weighted by molar-refractivity contribution is 7.92. The average molecular weight is 584 g/mol. The number of amides is 2. The second-order valence-corrected chi connectivity index (χ2v) is 12.6. The third-order valence-electron chi connectivity index (χ3n) is 6.69. The number of nitrogens with one attached hydrogen (secondary N) is 1. The van der Waals surface area contributed by atoms with Crippen LogP contribution >= 0.6 is 11.6 Å². The molecule has 3 rings (SSSR count). The topological polar surface area (TPSA) is 86.8 Å². The molecule has 0 aromatic heterocycles. The van der Waals surface area contributed by atoms with Gasteiger partial charge in [0.1, 0.15) is 12.6 Å². The first kappa shape index (κ1) is 31.2. The Balaban J connectivity index is 2.08. The summed E-state index contributed by atoms with van der Waals surface area (Å²) in [5, 5.41) is 3.52. The van der Waals surface area contributed by atoms with Crippen molar-refractivity contribution < 1.29 is 18.0 Å². The highest BCUT2D eigenvalue weighted by atomic mass is 35.5. The third-order valence-corrected chi connectivity index (χ3v) is 8.06. The molecule has 0 aliphatic heterocycles. The van der Waals surface area contributed by atoms with Crippen LogP contribution < -0.4 is 9.62 Å². The molecule has 214 valence electrons. The number of hydrogen-bond acceptors (Lipinski definition) is 4. The van der Waals surface area contributed by atoms with Crippen molar-refractivity contribution in [2.75, 3.05) is 17.1 Å². The molecular weight excluding hydrogens is 546 g/mol. The SMILES string of the molecule is CC[C@@H](C)NC(=O)[C@H](Cc1ccccc1)N(Cc1cccc(Cl)c1)C(=O)CN(c1cc(C)cc(C)c1)S(C)(=O)=O. The minimum absolute atomic E-state index is 0.0786. The second-order valence-electron chi connectivity index (χ2n) is 10.3. The molecule has 9 heteroatoms. The number of hydrogen-bond donors (Lipinski definition) is 1. The van der Waals surface area contributed by atoms with Gasteiger partial charge in [0.05, 0.1) is 11.9 Å². The Morgan fingerprint density at radius 2 is 1.55 bits per heavy atom. The van der Waals surface area contributed by atoms with Crippen LogP contribution in [0.25, 0.3) is 0 Å². The number of sulfonamides is 1. The van der Waals surface area contributed by atoms with E-state index in [1.54, 1.807) is 30.3 Å². The van der Waals surface area contributed by atoms with Gasteiger partial charge in [0, 0.05) is 24.0 Å². The van der Waals surface area contributed by atoms with Gasteiger partial charge >= 0.3 is 0 Å². The van der Waals surface area contributed by atoms with Gasteiger partial charge in [0.2, 0.25) is 21.8 Å². The Bertz CT molecular complexity index is 1410. The molecule has 0 radical (unpaired) electrons. The van der Waals surface area contributed by atoms with Crippen molar-refractivity contribution in [1.29, 1.82) is 0 Å². The van der Waals surface area contributed by atoms with Crippen molar-refractivity contribution >= 4 is 39.1 Å². The van der Waals surface area contributed by atoms with E-state index >= 15 is 0 Å². The molecule has 1 N–H and O–H groups in total. The first-order valence-electron chi connectivity index (χ1n) is 13.3. The summed E-state index contributed by atoms with van der Waals surface area (Å²) in [7, 11) is -3.82. The van der Waals surface area contributed by atoms with Crippen LogP contribution in [-0.2, 0) is 32.6 Å². The Hall–Kier alpha value is -3.36. The van der Waals surface area contributed by atoms with Crippen LogP contribution in [0.3, 0.4) is 0 Å². The lowest BCUT2D eigenvalue weighted by atomic mass is 10.0. The molecule has 0 aliphatic rings. The van der Waals surface area contributed by atoms with E-state index in [-0.39, 0.29) is 24.9 Å². The number of anilines is 1. The molecule has 0 unspecified atom stereocenters. The number of rotatable bonds is 12. The Morgan fingerprint density at radius 1 is 0.925 bits per heavy atom. The molecule has 0 saturated carbocycles. The molecule has 2 atom stereocenters. The zero-order valence-electron chi connectivity index (χ0n) is 23.7. The summed E-state index contributed by atoms with van der Waals surface area (Å²) in [6.07, 6.45) is 2.06. The van der Waals surface area contributed by atoms with Crippen LogP contribution in [0.1, 0.15) is 42.5 Å². The van der Waals surface area contributed by atoms with E-state index in [0.717, 1.165) is 39.2 Å². The van der Waals surface area contributed by atoms with Crippen LogP contribution in [-0.4, -0.2) is 50.0 Å². The highest BCUT2D eigenvalue weighted by Gasteiger charge is 2.33. The molecule has 40 heavy (non-hydrogen) atoms. The zero-order valence-corrected chi connectivity index (χ0v) is 25.3. The second kappa shape index (κ2) is 13.8. The van der Waals surface area contributed by atoms with E-state index in [0.29, 0.717) is 10.7 Å². The molecule has 0 spiro atoms. The molecule has 0 bridgehead atoms. The van der Waals surface area contributed by atoms with Crippen molar-refractivity contribution in [2.45, 2.75) is 59.2 Å². The first-order valence-corrected chi connectivity index (χ1v) is 15.5. The molecule has 3 aromatic rings. The molecule has 0 saturated heterocycles. The van der Waals surface area contributed by atoms with E-state index in [4.69, 9.17) is 11.6 Å². The normalized spacial score (nSPS) is 12.8. The smallest absolute Gasteiger partial charge is 0.244 e. The Labute approximate surface area is 243 Å². The maximum atomic E-state index is 14.1. The lowest BCUT2D eigenvalue weighted by Gasteiger charge is -2.34. The number of carbonyl (C=O) groups is 2. The average Bonchev–Trinajstić information content (AvgIpc) is 2.88. The van der Waals surface area contributed by atoms with Crippen LogP contribution in [0, 0.1) is 13.8 Å². The monoisotopic (exact) mass is 583 g/mol. The van der Waals surface area contributed by atoms with Crippen molar-refractivity contribution in [3.8, 4) is 0 Å². The largest absolute Gasteiger partial charge is 0.352 e. The number of halogens is 1. The Kier molecular flexibility index (Phi) is 10.8. The maximum absolute atomic E-state index is 14.1. The summed E-state index contributed by atoms with van der Waals surface area (Å²) in [6, 6.07) is 21.0. The van der Waals surface area contributed by atoms with Crippen LogP contribution in [0.4, 0.5) is 5.69 Å². The standard InChI is InChI=1S/C31H38ClN3O4S/c1-6-24(4)33-31(37)29(19-25-11-8-7-9-12-25)34(20-26-13-10-14-27(32)18-26)30(36)21-35(40(5,38)39)28-16-22(2)15-23(3)17-28/h7-18,24,29H,6,19-21H2,1-5H3,(H,33,37)/t24-,29+/m1/s1. The van der Waals surface area contributed by atoms with Gasteiger partial charge in [-0.25, -0.2) is 8.42 Å². The summed E-state index contributed by atoms with van der Waals surface area (Å²) < 4.78 is 27.0. The molecule has 0 aliphatic carbocycles. The lowest BCUT2D eigenvalue weighted by molar-refractivity contribution is -0.140. The quantitative estimate of drug-likeness (QED) is 0.314. The fourth-order valence-corrected chi connectivity index (χ4v) is 5.58. The van der Waals surface area contributed by atoms with Gasteiger partial charge in [-0.15, -0.1) is 0 Å². The van der Waals surface area contributed by atoms with Gasteiger partial charge in [-0.2, -0.15) is 0 Å². The minimum atomic E-state index is -3.82. The van der Waals surface area contributed by atoms with Gasteiger partial charge in [-0.05, 0) is 73.7 Å². The number of carbonyl (C=O) groups excluding carboxylic acids is 2. The van der Waals surface area contributed by atoms with Crippen molar-refractivity contribution in [3.63, 3.8) is 0 Å². The first-order chi connectivity index (χ1) is 18.9. The van der Waals surface area contributed by atoms with Gasteiger partial charge < -0.3 is 10.2 Å². The van der Waals surface area contributed by atoms with Crippen LogP contribution in [0.5, 0.6) is 0 Å². The molecular formula is C31H38ClN3O4S. The van der Waals surface area contributed by atoms with Crippen molar-refractivity contribution in [2.24, 2.45) is 0 Å². The van der Waals surface area contributed by atoms with Crippen molar-refractivity contribution in [1.82, 2.24) is 10.2 Å². The summed E-state index contributed by atoms with van der Waals surface area (Å²) in [5.41, 5.74) is 3.76. The predicted octanol–water partition coefficient (Wildman–Crippen LogP) is 5.28. The van der Waals surface area contributed by atoms with Gasteiger partial charge in [-0.3, -0.25) is 13.9 Å². The van der Waals surface area contributed by atoms with Gasteiger partial charge in [-0.1, -0.05) is 67.1 Å². The van der Waals surface area contributed by atoms with E-state index in [9.17, 15) is 18.0 Å². The van der Waals surface area contributed by atoms with Crippen molar-refractivity contribution in [3.05, 3.63) is 100 Å². The highest BCUT2D eigenvalue weighted by Crippen LogP contribution is 2.23. The zero-order chi connectivity index (χ0) is 29.4. The summed E-state index contributed by atoms with van der Waals surface area (Å²) >= 11 is 6.25.